The Kier molecular flexibility index (Phi) is 4.42. The Morgan fingerprint density at radius 3 is 1.93 bits per heavy atom. The molecule has 1 saturated heterocycles. The van der Waals surface area contributed by atoms with Crippen LogP contribution in [0.2, 0.25) is 0 Å². The van der Waals surface area contributed by atoms with Gasteiger partial charge in [0.1, 0.15) is 0 Å². The molecule has 1 heterocycles. The van der Waals surface area contributed by atoms with E-state index in [1.165, 1.54) is 0 Å². The highest BCUT2D eigenvalue weighted by atomic mass is 16.7. The fourth-order valence-electron chi connectivity index (χ4n) is 4.89. The molecule has 0 radical (unpaired) electrons. The van der Waals surface area contributed by atoms with Crippen LogP contribution in [0.15, 0.2) is 84.9 Å². The fraction of sp³-hybridized carbons (Fsp3) is 0.231. The van der Waals surface area contributed by atoms with Crippen molar-refractivity contribution in [2.24, 2.45) is 0 Å². The number of benzene rings is 3. The van der Waals surface area contributed by atoms with Gasteiger partial charge in [0.05, 0.1) is 0 Å². The third kappa shape index (κ3) is 2.54. The minimum absolute atomic E-state index is 0.283. The van der Waals surface area contributed by atoms with E-state index >= 15 is 0 Å². The van der Waals surface area contributed by atoms with Crippen LogP contribution in [-0.4, -0.2) is 23.8 Å². The highest BCUT2D eigenvalue weighted by Crippen LogP contribution is 2.57. The zero-order valence-electron chi connectivity index (χ0n) is 16.7. The Hall–Kier alpha value is -3.08. The average Bonchev–Trinajstić information content (AvgIpc) is 3.26. The van der Waals surface area contributed by atoms with Gasteiger partial charge in [-0.15, -0.1) is 0 Å². The molecule has 1 spiro atoms. The molecule has 150 valence electrons. The molecule has 5 rings (SSSR count). The van der Waals surface area contributed by atoms with Crippen LogP contribution in [0.4, 0.5) is 0 Å². The van der Waals surface area contributed by atoms with Crippen molar-refractivity contribution in [3.8, 4) is 0 Å². The standard InChI is InChI=1S/C26H22O4/c1-2-29-25(19-13-7-4-8-14-19)17-22(18-11-5-3-6-12-18)26(30-25)23(27)20-15-9-10-16-21(20)24(26)28/h3-16,22H,2,17H2,1H3/t22-,25-/m1/s1. The predicted octanol–water partition coefficient (Wildman–Crippen LogP) is 4.90. The molecule has 1 aliphatic carbocycles. The summed E-state index contributed by atoms with van der Waals surface area (Å²) in [4.78, 5) is 27.5. The van der Waals surface area contributed by atoms with Crippen molar-refractivity contribution < 1.29 is 19.1 Å². The summed E-state index contributed by atoms with van der Waals surface area (Å²) in [7, 11) is 0. The summed E-state index contributed by atoms with van der Waals surface area (Å²) in [5.41, 5.74) is 0.911. The third-order valence-electron chi connectivity index (χ3n) is 6.17. The second-order valence-electron chi connectivity index (χ2n) is 7.76. The number of hydrogen-bond acceptors (Lipinski definition) is 4. The number of Topliss-reactive ketones (excluding diaryl/α,β-unsaturated/α-hetero) is 2. The molecule has 0 amide bonds. The molecular formula is C26H22O4. The van der Waals surface area contributed by atoms with E-state index in [-0.39, 0.29) is 11.6 Å². The number of hydrogen-bond donors (Lipinski definition) is 0. The minimum Gasteiger partial charge on any atom is -0.346 e. The smallest absolute Gasteiger partial charge is 0.204 e. The van der Waals surface area contributed by atoms with Gasteiger partial charge in [-0.2, -0.15) is 0 Å². The monoisotopic (exact) mass is 398 g/mol. The van der Waals surface area contributed by atoms with Crippen molar-refractivity contribution in [1.82, 2.24) is 0 Å². The Bertz CT molecular complexity index is 1070. The van der Waals surface area contributed by atoms with Crippen molar-refractivity contribution >= 4 is 11.6 Å². The van der Waals surface area contributed by atoms with Gasteiger partial charge in [-0.05, 0) is 12.5 Å². The zero-order chi connectivity index (χ0) is 20.8. The molecular weight excluding hydrogens is 376 g/mol. The summed E-state index contributed by atoms with van der Waals surface area (Å²) in [6.45, 7) is 2.28. The molecule has 1 aliphatic heterocycles. The van der Waals surface area contributed by atoms with Crippen LogP contribution in [0.5, 0.6) is 0 Å². The predicted molar refractivity (Wildman–Crippen MR) is 112 cm³/mol. The number of carbonyl (C=O) groups excluding carboxylic acids is 2. The summed E-state index contributed by atoms with van der Waals surface area (Å²) >= 11 is 0. The second-order valence-corrected chi connectivity index (χ2v) is 7.76. The van der Waals surface area contributed by atoms with Crippen molar-refractivity contribution in [1.29, 1.82) is 0 Å². The molecule has 4 heteroatoms. The van der Waals surface area contributed by atoms with Crippen molar-refractivity contribution in [3.05, 3.63) is 107 Å². The Labute approximate surface area is 175 Å². The molecule has 4 nitrogen and oxygen atoms in total. The number of fused-ring (bicyclic) bond motifs is 1. The topological polar surface area (TPSA) is 52.6 Å². The number of ether oxygens (including phenoxy) is 2. The van der Waals surface area contributed by atoms with Gasteiger partial charge >= 0.3 is 0 Å². The van der Waals surface area contributed by atoms with E-state index in [4.69, 9.17) is 9.47 Å². The second kappa shape index (κ2) is 7.01. The molecule has 0 N–H and O–H groups in total. The number of ketones is 2. The van der Waals surface area contributed by atoms with E-state index in [0.717, 1.165) is 11.1 Å². The van der Waals surface area contributed by atoms with Gasteiger partial charge < -0.3 is 9.47 Å². The lowest BCUT2D eigenvalue weighted by Crippen LogP contribution is -2.47. The van der Waals surface area contributed by atoms with Gasteiger partial charge in [-0.3, -0.25) is 9.59 Å². The van der Waals surface area contributed by atoms with Crippen molar-refractivity contribution in [3.63, 3.8) is 0 Å². The van der Waals surface area contributed by atoms with E-state index in [9.17, 15) is 9.59 Å². The summed E-state index contributed by atoms with van der Waals surface area (Å²) in [5, 5.41) is 0. The maximum Gasteiger partial charge on any atom is 0.204 e. The SMILES string of the molecule is CCO[C@]1(c2ccccc2)C[C@H](c2ccccc2)C2(O1)C(=O)c1ccccc1C2=O. The molecule has 0 aromatic heterocycles. The van der Waals surface area contributed by atoms with E-state index in [1.54, 1.807) is 24.3 Å². The van der Waals surface area contributed by atoms with Crippen LogP contribution in [0, 0.1) is 0 Å². The molecule has 3 aromatic carbocycles. The highest BCUT2D eigenvalue weighted by Gasteiger charge is 2.68. The van der Waals surface area contributed by atoms with Gasteiger partial charge in [-0.25, -0.2) is 0 Å². The maximum atomic E-state index is 13.7. The number of rotatable bonds is 4. The summed E-state index contributed by atoms with van der Waals surface area (Å²) < 4.78 is 12.8. The van der Waals surface area contributed by atoms with Gasteiger partial charge in [0.25, 0.3) is 0 Å². The first-order valence-electron chi connectivity index (χ1n) is 10.3. The number of carbonyl (C=O) groups is 2. The molecule has 0 saturated carbocycles. The van der Waals surface area contributed by atoms with Gasteiger partial charge in [0, 0.05) is 35.6 Å². The van der Waals surface area contributed by atoms with Crippen molar-refractivity contribution in [2.45, 2.75) is 30.7 Å². The normalized spacial score (nSPS) is 24.4. The summed E-state index contributed by atoms with van der Waals surface area (Å²) in [6, 6.07) is 26.2. The molecule has 3 aromatic rings. The van der Waals surface area contributed by atoms with Crippen molar-refractivity contribution in [2.75, 3.05) is 6.61 Å². The minimum atomic E-state index is -1.63. The highest BCUT2D eigenvalue weighted by molar-refractivity contribution is 6.33. The van der Waals surface area contributed by atoms with Crippen LogP contribution in [0.3, 0.4) is 0 Å². The van der Waals surface area contributed by atoms with E-state index in [2.05, 4.69) is 0 Å². The largest absolute Gasteiger partial charge is 0.346 e. The molecule has 0 unspecified atom stereocenters. The van der Waals surface area contributed by atoms with Gasteiger partial charge in [0.15, 0.2) is 5.79 Å². The lowest BCUT2D eigenvalue weighted by molar-refractivity contribution is -0.238. The van der Waals surface area contributed by atoms with Crippen LogP contribution in [0.1, 0.15) is 51.1 Å². The molecule has 0 bridgehead atoms. The third-order valence-corrected chi connectivity index (χ3v) is 6.17. The van der Waals surface area contributed by atoms with Crippen LogP contribution < -0.4 is 0 Å². The molecule has 30 heavy (non-hydrogen) atoms. The molecule has 1 fully saturated rings. The quantitative estimate of drug-likeness (QED) is 0.587. The Morgan fingerprint density at radius 2 is 1.37 bits per heavy atom. The molecule has 2 aliphatic rings. The maximum absolute atomic E-state index is 13.7. The van der Waals surface area contributed by atoms with E-state index in [0.29, 0.717) is 24.2 Å². The van der Waals surface area contributed by atoms with Crippen LogP contribution >= 0.6 is 0 Å². The van der Waals surface area contributed by atoms with Crippen LogP contribution in [0.25, 0.3) is 0 Å². The first-order valence-corrected chi connectivity index (χ1v) is 10.3. The van der Waals surface area contributed by atoms with Gasteiger partial charge in [-0.1, -0.05) is 84.9 Å². The lowest BCUT2D eigenvalue weighted by Gasteiger charge is -2.32. The van der Waals surface area contributed by atoms with Gasteiger partial charge in [0.2, 0.25) is 17.2 Å². The lowest BCUT2D eigenvalue weighted by atomic mass is 9.77. The zero-order valence-corrected chi connectivity index (χ0v) is 16.7. The first-order chi connectivity index (χ1) is 14.6. The Morgan fingerprint density at radius 1 is 0.833 bits per heavy atom. The molecule has 2 atom stereocenters. The van der Waals surface area contributed by atoms with Crippen LogP contribution in [-0.2, 0) is 15.3 Å². The Balaban J connectivity index is 1.73. The fourth-order valence-corrected chi connectivity index (χ4v) is 4.89. The first kappa shape index (κ1) is 18.9. The summed E-state index contributed by atoms with van der Waals surface area (Å²) in [5.74, 6) is -2.20. The average molecular weight is 398 g/mol. The van der Waals surface area contributed by atoms with E-state index in [1.807, 2.05) is 67.6 Å². The van der Waals surface area contributed by atoms with E-state index < -0.39 is 17.3 Å². The summed E-state index contributed by atoms with van der Waals surface area (Å²) in [6.07, 6.45) is 0.375.